The highest BCUT2D eigenvalue weighted by Crippen LogP contribution is 2.28. The van der Waals surface area contributed by atoms with Crippen LogP contribution in [0.3, 0.4) is 0 Å². The van der Waals surface area contributed by atoms with Crippen LogP contribution >= 0.6 is 0 Å². The zero-order valence-electron chi connectivity index (χ0n) is 14.8. The molecule has 3 N–H and O–H groups in total. The van der Waals surface area contributed by atoms with Gasteiger partial charge in [-0.3, -0.25) is 4.98 Å². The summed E-state index contributed by atoms with van der Waals surface area (Å²) in [6, 6.07) is 9.87. The summed E-state index contributed by atoms with van der Waals surface area (Å²) in [5.41, 5.74) is 7.94. The van der Waals surface area contributed by atoms with Crippen molar-refractivity contribution < 1.29 is 9.15 Å². The fourth-order valence-corrected chi connectivity index (χ4v) is 3.43. The van der Waals surface area contributed by atoms with Crippen LogP contribution in [0.5, 0.6) is 11.5 Å². The first-order valence-electron chi connectivity index (χ1n) is 9.27. The third-order valence-corrected chi connectivity index (χ3v) is 4.86. The maximum absolute atomic E-state index is 5.89. The van der Waals surface area contributed by atoms with Crippen molar-refractivity contribution in [3.8, 4) is 11.5 Å². The molecule has 1 saturated carbocycles. The predicted molar refractivity (Wildman–Crippen MR) is 101 cm³/mol. The average molecular weight is 352 g/mol. The molecule has 3 aromatic rings. The van der Waals surface area contributed by atoms with E-state index in [0.29, 0.717) is 29.6 Å². The van der Waals surface area contributed by atoms with Crippen molar-refractivity contribution in [2.75, 3.05) is 11.9 Å². The summed E-state index contributed by atoms with van der Waals surface area (Å²) in [6.07, 6.45) is 8.32. The first-order valence-corrected chi connectivity index (χ1v) is 9.27. The first kappa shape index (κ1) is 16.8. The van der Waals surface area contributed by atoms with E-state index < -0.39 is 0 Å². The number of pyridine rings is 1. The van der Waals surface area contributed by atoms with Crippen LogP contribution in [0.15, 0.2) is 40.9 Å². The summed E-state index contributed by atoms with van der Waals surface area (Å²) in [5, 5.41) is 3.35. The first-order chi connectivity index (χ1) is 12.8. The van der Waals surface area contributed by atoms with Crippen LogP contribution in [0.25, 0.3) is 11.1 Å². The Kier molecular flexibility index (Phi) is 5.02. The Labute approximate surface area is 152 Å². The molecule has 1 fully saturated rings. The maximum Gasteiger partial charge on any atom is 0.295 e. The molecule has 0 atom stereocenters. The van der Waals surface area contributed by atoms with E-state index in [1.807, 2.05) is 24.3 Å². The van der Waals surface area contributed by atoms with E-state index in [2.05, 4.69) is 15.3 Å². The lowest BCUT2D eigenvalue weighted by Gasteiger charge is -2.21. The number of anilines is 1. The largest absolute Gasteiger partial charge is 0.457 e. The molecule has 0 saturated heterocycles. The highest BCUT2D eigenvalue weighted by Gasteiger charge is 2.14. The van der Waals surface area contributed by atoms with Gasteiger partial charge in [-0.2, -0.15) is 4.98 Å². The zero-order chi connectivity index (χ0) is 17.8. The standard InChI is InChI=1S/C20H24N4O2/c21-12-15-10-17(8-9-22-15)25-16-6-7-18-19(11-16)26-20(24-18)23-13-14-4-2-1-3-5-14/h6-11,14H,1-5,12-13,21H2,(H,23,24). The van der Waals surface area contributed by atoms with E-state index in [9.17, 15) is 0 Å². The van der Waals surface area contributed by atoms with E-state index in [4.69, 9.17) is 14.9 Å². The summed E-state index contributed by atoms with van der Waals surface area (Å²) < 4.78 is 11.7. The number of benzene rings is 1. The van der Waals surface area contributed by atoms with Crippen molar-refractivity contribution in [3.05, 3.63) is 42.2 Å². The van der Waals surface area contributed by atoms with E-state index in [0.717, 1.165) is 23.7 Å². The molecule has 4 rings (SSSR count). The Morgan fingerprint density at radius 1 is 1.12 bits per heavy atom. The molecule has 1 aromatic carbocycles. The topological polar surface area (TPSA) is 86.2 Å². The van der Waals surface area contributed by atoms with Crippen molar-refractivity contribution in [2.24, 2.45) is 11.7 Å². The zero-order valence-corrected chi connectivity index (χ0v) is 14.8. The Morgan fingerprint density at radius 2 is 1.96 bits per heavy atom. The highest BCUT2D eigenvalue weighted by molar-refractivity contribution is 5.76. The number of nitrogens with two attached hydrogens (primary N) is 1. The molecule has 2 aromatic heterocycles. The van der Waals surface area contributed by atoms with Crippen LogP contribution in [0.1, 0.15) is 37.8 Å². The second-order valence-corrected chi connectivity index (χ2v) is 6.82. The van der Waals surface area contributed by atoms with Gasteiger partial charge in [-0.25, -0.2) is 0 Å². The molecule has 2 heterocycles. The van der Waals surface area contributed by atoms with Crippen molar-refractivity contribution in [2.45, 2.75) is 38.6 Å². The summed E-state index contributed by atoms with van der Waals surface area (Å²) >= 11 is 0. The van der Waals surface area contributed by atoms with Gasteiger partial charge >= 0.3 is 0 Å². The monoisotopic (exact) mass is 352 g/mol. The van der Waals surface area contributed by atoms with Gasteiger partial charge in [0.2, 0.25) is 0 Å². The van der Waals surface area contributed by atoms with Crippen LogP contribution in [-0.4, -0.2) is 16.5 Å². The Balaban J connectivity index is 1.44. The molecule has 6 nitrogen and oxygen atoms in total. The van der Waals surface area contributed by atoms with Crippen molar-refractivity contribution >= 4 is 17.1 Å². The van der Waals surface area contributed by atoms with Crippen molar-refractivity contribution in [1.29, 1.82) is 0 Å². The molecule has 136 valence electrons. The van der Waals surface area contributed by atoms with E-state index in [1.165, 1.54) is 32.1 Å². The molecule has 1 aliphatic carbocycles. The van der Waals surface area contributed by atoms with E-state index in [1.54, 1.807) is 12.3 Å². The molecule has 0 bridgehead atoms. The molecule has 0 amide bonds. The fraction of sp³-hybridized carbons (Fsp3) is 0.400. The summed E-state index contributed by atoms with van der Waals surface area (Å²) in [7, 11) is 0. The Bertz CT molecular complexity index is 871. The van der Waals surface area contributed by atoms with Gasteiger partial charge in [-0.05, 0) is 37.0 Å². The minimum absolute atomic E-state index is 0.383. The van der Waals surface area contributed by atoms with Crippen LogP contribution in [-0.2, 0) is 6.54 Å². The van der Waals surface area contributed by atoms with Gasteiger partial charge in [0, 0.05) is 31.4 Å². The highest BCUT2D eigenvalue weighted by atomic mass is 16.5. The van der Waals surface area contributed by atoms with Gasteiger partial charge in [0.25, 0.3) is 6.01 Å². The summed E-state index contributed by atoms with van der Waals surface area (Å²) in [6.45, 7) is 1.31. The minimum atomic E-state index is 0.383. The number of nitrogens with zero attached hydrogens (tertiary/aromatic N) is 2. The van der Waals surface area contributed by atoms with Gasteiger partial charge in [0.05, 0.1) is 5.69 Å². The molecular weight excluding hydrogens is 328 g/mol. The summed E-state index contributed by atoms with van der Waals surface area (Å²) in [4.78, 5) is 8.68. The second kappa shape index (κ2) is 7.74. The lowest BCUT2D eigenvalue weighted by Crippen LogP contribution is -2.17. The molecule has 1 aliphatic rings. The number of hydrogen-bond acceptors (Lipinski definition) is 6. The smallest absolute Gasteiger partial charge is 0.295 e. The second-order valence-electron chi connectivity index (χ2n) is 6.82. The average Bonchev–Trinajstić information content (AvgIpc) is 3.09. The van der Waals surface area contributed by atoms with Crippen molar-refractivity contribution in [3.63, 3.8) is 0 Å². The Morgan fingerprint density at radius 3 is 2.81 bits per heavy atom. The molecule has 0 aliphatic heterocycles. The molecule has 0 unspecified atom stereocenters. The van der Waals surface area contributed by atoms with Crippen LogP contribution in [0.4, 0.5) is 6.01 Å². The van der Waals surface area contributed by atoms with Gasteiger partial charge in [-0.1, -0.05) is 19.3 Å². The van der Waals surface area contributed by atoms with Crippen molar-refractivity contribution in [1.82, 2.24) is 9.97 Å². The Hall–Kier alpha value is -2.60. The van der Waals surface area contributed by atoms with E-state index in [-0.39, 0.29) is 0 Å². The number of fused-ring (bicyclic) bond motifs is 1. The molecule has 6 heteroatoms. The maximum atomic E-state index is 5.89. The minimum Gasteiger partial charge on any atom is -0.457 e. The number of aromatic nitrogens is 2. The van der Waals surface area contributed by atoms with Crippen LogP contribution in [0.2, 0.25) is 0 Å². The lowest BCUT2D eigenvalue weighted by atomic mass is 9.89. The molecule has 26 heavy (non-hydrogen) atoms. The molecule has 0 radical (unpaired) electrons. The lowest BCUT2D eigenvalue weighted by molar-refractivity contribution is 0.371. The number of oxazole rings is 1. The summed E-state index contributed by atoms with van der Waals surface area (Å²) in [5.74, 6) is 2.12. The SMILES string of the molecule is NCc1cc(Oc2ccc3nc(NCC4CCCCC4)oc3c2)ccn1. The predicted octanol–water partition coefficient (Wildman–Crippen LogP) is 4.47. The third-order valence-electron chi connectivity index (χ3n) is 4.86. The van der Waals surface area contributed by atoms with Gasteiger partial charge < -0.3 is 20.2 Å². The molecular formula is C20H24N4O2. The third kappa shape index (κ3) is 3.96. The van der Waals surface area contributed by atoms with Crippen LogP contribution < -0.4 is 15.8 Å². The fourth-order valence-electron chi connectivity index (χ4n) is 3.43. The normalized spacial score (nSPS) is 15.3. The van der Waals surface area contributed by atoms with Gasteiger partial charge in [0.15, 0.2) is 5.58 Å². The molecule has 0 spiro atoms. The quantitative estimate of drug-likeness (QED) is 0.681. The number of ether oxygens (including phenoxy) is 1. The van der Waals surface area contributed by atoms with Gasteiger partial charge in [0.1, 0.15) is 17.0 Å². The van der Waals surface area contributed by atoms with Gasteiger partial charge in [-0.15, -0.1) is 0 Å². The number of hydrogen-bond donors (Lipinski definition) is 2. The van der Waals surface area contributed by atoms with E-state index >= 15 is 0 Å². The van der Waals surface area contributed by atoms with Crippen LogP contribution in [0, 0.1) is 5.92 Å². The number of nitrogens with one attached hydrogen (secondary N) is 1. The number of rotatable bonds is 6.